The number of nitrogens with zero attached hydrogens (tertiary/aromatic N) is 4. The van der Waals surface area contributed by atoms with Gasteiger partial charge in [-0.1, -0.05) is 41.9 Å². The molecule has 0 radical (unpaired) electrons. The van der Waals surface area contributed by atoms with Crippen LogP contribution in [0.25, 0.3) is 11.1 Å². The second-order valence-electron chi connectivity index (χ2n) is 6.15. The lowest BCUT2D eigenvalue weighted by Gasteiger charge is -2.19. The number of rotatable bonds is 3. The molecule has 1 unspecified atom stereocenters. The van der Waals surface area contributed by atoms with Gasteiger partial charge < -0.3 is 5.11 Å². The standard InChI is InChI=1S/C18H17ClN4O2S/c1-3-22-10-12(13-9-20-17(19)26-13)23-16(25)14(11-7-5-4-6-8-11)15(24)21(2)18(22)23/h4-9,12H,3,10H2,1-2H3. The fraction of sp³-hybridized carbons (Fsp3) is 0.278. The zero-order valence-corrected chi connectivity index (χ0v) is 15.9. The van der Waals surface area contributed by atoms with Crippen LogP contribution in [0.1, 0.15) is 17.8 Å². The monoisotopic (exact) mass is 388 g/mol. The number of fused-ring (bicyclic) bond motifs is 1. The molecule has 1 aliphatic heterocycles. The SMILES string of the molecule is CCN1CC(c2cnc(Cl)s2)n2c1[n+](C)c([O-])c(-c1ccccc1)c2=O. The van der Waals surface area contributed by atoms with E-state index in [1.54, 1.807) is 34.5 Å². The Labute approximate surface area is 159 Å². The molecule has 0 N–H and O–H groups in total. The van der Waals surface area contributed by atoms with Crippen LogP contribution in [0.5, 0.6) is 5.88 Å². The van der Waals surface area contributed by atoms with E-state index in [1.807, 2.05) is 30.0 Å². The largest absolute Gasteiger partial charge is 0.848 e. The van der Waals surface area contributed by atoms with Gasteiger partial charge in [0.2, 0.25) is 0 Å². The second kappa shape index (κ2) is 6.41. The Morgan fingerprint density at radius 1 is 1.38 bits per heavy atom. The Morgan fingerprint density at radius 2 is 2.12 bits per heavy atom. The van der Waals surface area contributed by atoms with Crippen molar-refractivity contribution in [3.05, 3.63) is 56.2 Å². The Bertz CT molecular complexity index is 1030. The minimum absolute atomic E-state index is 0.190. The summed E-state index contributed by atoms with van der Waals surface area (Å²) in [4.78, 5) is 20.4. The van der Waals surface area contributed by atoms with E-state index in [4.69, 9.17) is 11.6 Å². The average molecular weight is 389 g/mol. The molecule has 1 atom stereocenters. The smallest absolute Gasteiger partial charge is 0.362 e. The zero-order valence-electron chi connectivity index (χ0n) is 14.3. The molecule has 0 saturated carbocycles. The van der Waals surface area contributed by atoms with Crippen molar-refractivity contribution in [2.24, 2.45) is 7.05 Å². The van der Waals surface area contributed by atoms with Crippen LogP contribution in [0, 0.1) is 0 Å². The van der Waals surface area contributed by atoms with E-state index in [0.29, 0.717) is 29.1 Å². The highest BCUT2D eigenvalue weighted by molar-refractivity contribution is 7.15. The molecular weight excluding hydrogens is 372 g/mol. The van der Waals surface area contributed by atoms with Crippen molar-refractivity contribution in [3.63, 3.8) is 0 Å². The van der Waals surface area contributed by atoms with Crippen molar-refractivity contribution in [2.45, 2.75) is 13.0 Å². The Balaban J connectivity index is 2.01. The number of likely N-dealkylation sites (N-methyl/N-ethyl adjacent to an activating group) is 1. The summed E-state index contributed by atoms with van der Waals surface area (Å²) in [7, 11) is 1.71. The Morgan fingerprint density at radius 3 is 2.73 bits per heavy atom. The molecule has 3 aromatic rings. The Hall–Kier alpha value is -2.38. The third-order valence-electron chi connectivity index (χ3n) is 4.72. The maximum atomic E-state index is 13.4. The molecule has 0 bridgehead atoms. The van der Waals surface area contributed by atoms with Crippen molar-refractivity contribution < 1.29 is 9.67 Å². The van der Waals surface area contributed by atoms with Gasteiger partial charge in [-0.25, -0.2) is 9.55 Å². The summed E-state index contributed by atoms with van der Waals surface area (Å²) in [5.74, 6) is 0.339. The molecular formula is C18H17ClN4O2S. The van der Waals surface area contributed by atoms with E-state index in [2.05, 4.69) is 4.98 Å². The third kappa shape index (κ3) is 2.50. The highest BCUT2D eigenvalue weighted by Gasteiger charge is 2.41. The predicted octanol–water partition coefficient (Wildman–Crippen LogP) is 1.95. The molecule has 6 nitrogen and oxygen atoms in total. The van der Waals surface area contributed by atoms with Crippen molar-refractivity contribution in [1.82, 2.24) is 9.55 Å². The molecule has 0 spiro atoms. The molecule has 0 fully saturated rings. The minimum atomic E-state index is -0.283. The van der Waals surface area contributed by atoms with Gasteiger partial charge in [0, 0.05) is 12.1 Å². The maximum Gasteiger partial charge on any atom is 0.362 e. The number of aromatic nitrogens is 3. The normalized spacial score (nSPS) is 16.1. The van der Waals surface area contributed by atoms with Crippen LogP contribution in [0.3, 0.4) is 0 Å². The van der Waals surface area contributed by atoms with Crippen LogP contribution in [0.15, 0.2) is 41.3 Å². The van der Waals surface area contributed by atoms with E-state index in [0.717, 1.165) is 4.88 Å². The molecule has 0 amide bonds. The van der Waals surface area contributed by atoms with Gasteiger partial charge in [0.15, 0.2) is 10.5 Å². The number of hydrogen-bond donors (Lipinski definition) is 0. The summed E-state index contributed by atoms with van der Waals surface area (Å²) < 4.78 is 3.71. The highest BCUT2D eigenvalue weighted by atomic mass is 35.5. The van der Waals surface area contributed by atoms with Crippen molar-refractivity contribution in [1.29, 1.82) is 0 Å². The molecule has 2 aromatic heterocycles. The Kier molecular flexibility index (Phi) is 4.20. The first-order valence-corrected chi connectivity index (χ1v) is 9.49. The van der Waals surface area contributed by atoms with Crippen LogP contribution in [0.2, 0.25) is 4.47 Å². The number of anilines is 1. The number of hydrogen-bond acceptors (Lipinski definition) is 5. The van der Waals surface area contributed by atoms with E-state index >= 15 is 0 Å². The maximum absolute atomic E-state index is 13.4. The summed E-state index contributed by atoms with van der Waals surface area (Å²) in [6.45, 7) is 3.31. The first-order chi connectivity index (χ1) is 12.5. The first-order valence-electron chi connectivity index (χ1n) is 8.30. The lowest BCUT2D eigenvalue weighted by molar-refractivity contribution is -0.705. The molecule has 1 aliphatic rings. The van der Waals surface area contributed by atoms with E-state index < -0.39 is 0 Å². The first kappa shape index (κ1) is 17.1. The average Bonchev–Trinajstić information content (AvgIpc) is 3.24. The van der Waals surface area contributed by atoms with E-state index in [9.17, 15) is 9.90 Å². The van der Waals surface area contributed by atoms with Gasteiger partial charge >= 0.3 is 11.5 Å². The number of benzene rings is 1. The highest BCUT2D eigenvalue weighted by Crippen LogP contribution is 2.35. The molecule has 4 rings (SSSR count). The molecule has 0 aliphatic carbocycles. The summed E-state index contributed by atoms with van der Waals surface area (Å²) >= 11 is 7.37. The van der Waals surface area contributed by atoms with E-state index in [1.165, 1.54) is 11.3 Å². The van der Waals surface area contributed by atoms with Crippen LogP contribution in [-0.2, 0) is 7.05 Å². The van der Waals surface area contributed by atoms with Gasteiger partial charge in [0.25, 0.3) is 0 Å². The molecule has 8 heteroatoms. The summed E-state index contributed by atoms with van der Waals surface area (Å²) in [6, 6.07) is 8.87. The summed E-state index contributed by atoms with van der Waals surface area (Å²) in [5.41, 5.74) is 0.541. The predicted molar refractivity (Wildman–Crippen MR) is 99.9 cm³/mol. The lowest BCUT2D eigenvalue weighted by Crippen LogP contribution is -2.45. The topological polar surface area (TPSA) is 65.1 Å². The molecule has 1 aromatic carbocycles. The summed E-state index contributed by atoms with van der Waals surface area (Å²) in [6.07, 6.45) is 1.71. The fourth-order valence-corrected chi connectivity index (χ4v) is 4.54. The van der Waals surface area contributed by atoms with Crippen LogP contribution in [-0.4, -0.2) is 22.6 Å². The van der Waals surface area contributed by atoms with Crippen LogP contribution < -0.4 is 20.1 Å². The van der Waals surface area contributed by atoms with Crippen molar-refractivity contribution in [2.75, 3.05) is 18.0 Å². The lowest BCUT2D eigenvalue weighted by atomic mass is 10.1. The number of thiazole rings is 1. The van der Waals surface area contributed by atoms with Crippen LogP contribution in [0.4, 0.5) is 5.95 Å². The van der Waals surface area contributed by atoms with Gasteiger partial charge in [-0.15, -0.1) is 11.3 Å². The van der Waals surface area contributed by atoms with Gasteiger partial charge in [-0.2, -0.15) is 4.57 Å². The molecule has 0 saturated heterocycles. The quantitative estimate of drug-likeness (QED) is 0.643. The van der Waals surface area contributed by atoms with Gasteiger partial charge in [-0.05, 0) is 12.5 Å². The molecule has 26 heavy (non-hydrogen) atoms. The number of halogens is 1. The minimum Gasteiger partial charge on any atom is -0.848 e. The van der Waals surface area contributed by atoms with Gasteiger partial charge in [-0.3, -0.25) is 9.69 Å². The van der Waals surface area contributed by atoms with Gasteiger partial charge in [0.05, 0.1) is 24.0 Å². The van der Waals surface area contributed by atoms with Crippen molar-refractivity contribution >= 4 is 28.9 Å². The fourth-order valence-electron chi connectivity index (χ4n) is 3.50. The van der Waals surface area contributed by atoms with E-state index in [-0.39, 0.29) is 23.0 Å². The van der Waals surface area contributed by atoms with Gasteiger partial charge in [0.1, 0.15) is 6.54 Å². The molecule has 3 heterocycles. The second-order valence-corrected chi connectivity index (χ2v) is 7.79. The summed E-state index contributed by atoms with van der Waals surface area (Å²) in [5, 5.41) is 13.0. The third-order valence-corrected chi connectivity index (χ3v) is 5.94. The molecule has 134 valence electrons. The van der Waals surface area contributed by atoms with Crippen molar-refractivity contribution in [3.8, 4) is 17.0 Å². The van der Waals surface area contributed by atoms with Crippen LogP contribution >= 0.6 is 22.9 Å². The zero-order chi connectivity index (χ0) is 18.4.